The maximum absolute atomic E-state index is 9.70. The molecule has 1 aromatic carbocycles. The summed E-state index contributed by atoms with van der Waals surface area (Å²) in [5.41, 5.74) is 2.66. The lowest BCUT2D eigenvalue weighted by molar-refractivity contribution is -0.118. The summed E-state index contributed by atoms with van der Waals surface area (Å²) >= 11 is 0. The second kappa shape index (κ2) is 49.8. The summed E-state index contributed by atoms with van der Waals surface area (Å²) in [6, 6.07) is 8.48. The highest BCUT2D eigenvalue weighted by atomic mass is 33.1. The van der Waals surface area contributed by atoms with Crippen LogP contribution in [0.4, 0.5) is 0 Å². The summed E-state index contributed by atoms with van der Waals surface area (Å²) in [5.74, 6) is 6.58. The molecule has 0 atom stereocenters. The smallest absolute Gasteiger partial charge is 0.216 e. The largest absolute Gasteiger partial charge is 0.359 e. The van der Waals surface area contributed by atoms with Crippen LogP contribution in [0.15, 0.2) is 51.6 Å². The van der Waals surface area contributed by atoms with E-state index < -0.39 is 0 Å². The monoisotopic (exact) mass is 608 g/mol. The first kappa shape index (κ1) is 50.7. The highest BCUT2D eigenvalue weighted by molar-refractivity contribution is 8.76. The van der Waals surface area contributed by atoms with E-state index in [0.29, 0.717) is 11.6 Å². The average Bonchev–Trinajstić information content (AvgIpc) is 3.01. The van der Waals surface area contributed by atoms with Gasteiger partial charge < -0.3 is 10.3 Å². The fourth-order valence-corrected chi connectivity index (χ4v) is 0.966. The van der Waals surface area contributed by atoms with Gasteiger partial charge in [-0.3, -0.25) is 4.79 Å². The van der Waals surface area contributed by atoms with E-state index in [4.69, 9.17) is 0 Å². The van der Waals surface area contributed by atoms with Crippen LogP contribution in [0.2, 0.25) is 0 Å². The third kappa shape index (κ3) is 78.7. The Kier molecular flexibility index (Phi) is 61.6. The van der Waals surface area contributed by atoms with Crippen LogP contribution in [0.3, 0.4) is 0 Å². The van der Waals surface area contributed by atoms with Crippen LogP contribution in [0.5, 0.6) is 0 Å². The van der Waals surface area contributed by atoms with E-state index in [-0.39, 0.29) is 5.91 Å². The number of amides is 1. The van der Waals surface area contributed by atoms with E-state index in [1.54, 1.807) is 69.8 Å². The van der Waals surface area contributed by atoms with Crippen LogP contribution < -0.4 is 5.32 Å². The van der Waals surface area contributed by atoms with Gasteiger partial charge in [-0.05, 0) is 81.0 Å². The molecule has 0 spiro atoms. The lowest BCUT2D eigenvalue weighted by atomic mass is 10.2. The van der Waals surface area contributed by atoms with Gasteiger partial charge in [-0.25, -0.2) is 0 Å². The van der Waals surface area contributed by atoms with Crippen LogP contribution in [-0.2, 0) is 4.79 Å². The van der Waals surface area contributed by atoms with Crippen molar-refractivity contribution < 1.29 is 4.79 Å². The molecule has 9 nitrogen and oxygen atoms in total. The third-order valence-corrected chi connectivity index (χ3v) is 4.79. The van der Waals surface area contributed by atoms with Crippen LogP contribution in [0, 0.1) is 39.5 Å². The number of allylic oxidation sites excluding steroid dienone is 2. The zero-order valence-corrected chi connectivity index (χ0v) is 30.0. The average molecular weight is 609 g/mol. The van der Waals surface area contributed by atoms with Crippen LogP contribution >= 0.6 is 21.6 Å². The summed E-state index contributed by atoms with van der Waals surface area (Å²) in [5, 5.41) is 23.7. The molecule has 0 aliphatic heterocycles. The third-order valence-electron chi connectivity index (χ3n) is 3.46. The van der Waals surface area contributed by atoms with Crippen molar-refractivity contribution in [1.82, 2.24) is 25.7 Å². The van der Waals surface area contributed by atoms with Crippen molar-refractivity contribution in [1.29, 1.82) is 0 Å². The van der Waals surface area contributed by atoms with Gasteiger partial charge in [0.2, 0.25) is 5.91 Å². The Morgan fingerprint density at radius 2 is 1.00 bits per heavy atom. The van der Waals surface area contributed by atoms with Crippen molar-refractivity contribution in [2.45, 2.75) is 69.2 Å². The molecule has 0 bridgehead atoms. The molecule has 2 aromatic rings. The van der Waals surface area contributed by atoms with Crippen LogP contribution in [-0.4, -0.2) is 73.2 Å². The number of azo groups is 1. The zero-order chi connectivity index (χ0) is 33.3. The molecule has 2 rings (SSSR count). The first-order chi connectivity index (χ1) is 19.4. The number of hydrogen-bond donors (Lipinski definition) is 1. The van der Waals surface area contributed by atoms with Crippen molar-refractivity contribution in [2.75, 3.05) is 40.7 Å². The molecule has 11 heteroatoms. The Labute approximate surface area is 259 Å². The molecule has 234 valence electrons. The summed E-state index contributed by atoms with van der Waals surface area (Å²) < 4.78 is 0. The number of aliphatic imine (C=N–C) groups is 1. The van der Waals surface area contributed by atoms with E-state index in [9.17, 15) is 4.79 Å². The molecule has 0 saturated heterocycles. The van der Waals surface area contributed by atoms with Crippen molar-refractivity contribution in [3.8, 4) is 11.8 Å². The fourth-order valence-electron chi connectivity index (χ4n) is 0.966. The molecule has 1 heterocycles. The molecule has 1 N–H and O–H groups in total. The zero-order valence-electron chi connectivity index (χ0n) is 28.4. The Bertz CT molecular complexity index is 778. The molecule has 1 aromatic heterocycles. The van der Waals surface area contributed by atoms with E-state index >= 15 is 0 Å². The quantitative estimate of drug-likeness (QED) is 0.117. The number of carbonyl (C=O) groups is 1. The first-order valence-corrected chi connectivity index (χ1v) is 15.6. The first-order valence-electron chi connectivity index (χ1n) is 12.7. The molecular formula is C30H56N8OS2. The number of hydrogen-bond acceptors (Lipinski definition) is 10. The summed E-state index contributed by atoms with van der Waals surface area (Å²) in [6.07, 6.45) is 9.87. The van der Waals surface area contributed by atoms with Gasteiger partial charge in [-0.15, -0.1) is 32.2 Å². The minimum atomic E-state index is 0.00463. The van der Waals surface area contributed by atoms with Crippen LogP contribution in [0.1, 0.15) is 64.3 Å². The SMILES string of the molecule is C/C=C/C.CC#CC.CC=NC.CN=NC.CNC(C)=O.CSSC.Cc1ccc(C)cc1.Cc1nnc(C)nn1. The van der Waals surface area contributed by atoms with Crippen molar-refractivity contribution in [3.63, 3.8) is 0 Å². The predicted molar refractivity (Wildman–Crippen MR) is 186 cm³/mol. The maximum Gasteiger partial charge on any atom is 0.216 e. The van der Waals surface area contributed by atoms with E-state index in [1.165, 1.54) is 18.1 Å². The summed E-state index contributed by atoms with van der Waals surface area (Å²) in [6.45, 7) is 18.7. The molecular weight excluding hydrogens is 553 g/mol. The summed E-state index contributed by atoms with van der Waals surface area (Å²) in [4.78, 5) is 13.3. The van der Waals surface area contributed by atoms with Gasteiger partial charge in [-0.1, -0.05) is 69.1 Å². The molecule has 0 unspecified atom stereocenters. The molecule has 0 aliphatic rings. The van der Waals surface area contributed by atoms with Gasteiger partial charge in [0.1, 0.15) is 0 Å². The lowest BCUT2D eigenvalue weighted by Crippen LogP contribution is -2.11. The minimum absolute atomic E-state index is 0.00463. The van der Waals surface area contributed by atoms with E-state index in [2.05, 4.69) is 103 Å². The lowest BCUT2D eigenvalue weighted by Gasteiger charge is -1.90. The topological polar surface area (TPSA) is 118 Å². The van der Waals surface area contributed by atoms with Crippen LogP contribution in [0.25, 0.3) is 0 Å². The highest BCUT2D eigenvalue weighted by Crippen LogP contribution is 2.09. The molecule has 1 amide bonds. The number of aryl methyl sites for hydroxylation is 4. The second-order valence-electron chi connectivity index (χ2n) is 6.87. The Hall–Kier alpha value is -3.10. The molecule has 41 heavy (non-hydrogen) atoms. The molecule has 0 fully saturated rings. The number of aromatic nitrogens is 4. The van der Waals surface area contributed by atoms with Gasteiger partial charge in [0, 0.05) is 35.1 Å². The molecule has 0 radical (unpaired) electrons. The van der Waals surface area contributed by atoms with Gasteiger partial charge in [0.25, 0.3) is 0 Å². The number of benzene rings is 1. The molecule has 0 aliphatic carbocycles. The van der Waals surface area contributed by atoms with E-state index in [1.807, 2.05) is 46.8 Å². The molecule has 0 saturated carbocycles. The number of rotatable bonds is 1. The van der Waals surface area contributed by atoms with Crippen molar-refractivity contribution in [3.05, 3.63) is 59.2 Å². The standard InChI is InChI=1S/C8H10.C4H6N4.C4H8.C4H6.C3H7NO.C3H7N.C2H6N2.C2H6S2/c1-7-3-5-8(2)6-4-7;1-3-5-7-4(2)8-6-3;2*1-3-4-2;1-3(5)4-2;3*1-3-4-2/h3-6H,1-2H3;1-2H3;3-4H,1-2H3;1-2H3;1-2H3,(H,4,5);3H,1-2H3;2*1-2H3/b;;4-3+;;;;;. The van der Waals surface area contributed by atoms with Gasteiger partial charge in [-0.2, -0.15) is 10.2 Å². The predicted octanol–water partition coefficient (Wildman–Crippen LogP) is 7.58. The minimum Gasteiger partial charge on any atom is -0.359 e. The van der Waals surface area contributed by atoms with E-state index in [0.717, 1.165) is 0 Å². The Morgan fingerprint density at radius 3 is 1.10 bits per heavy atom. The number of carbonyl (C=O) groups excluding carboxylic acids is 1. The fraction of sp³-hybridized carbons (Fsp3) is 0.533. The summed E-state index contributed by atoms with van der Waals surface area (Å²) in [7, 11) is 10.2. The number of nitrogens with one attached hydrogen (secondary N) is 1. The highest BCUT2D eigenvalue weighted by Gasteiger charge is 1.86. The van der Waals surface area contributed by atoms with Crippen molar-refractivity contribution >= 4 is 33.7 Å². The maximum atomic E-state index is 9.70. The van der Waals surface area contributed by atoms with Gasteiger partial charge in [0.15, 0.2) is 11.6 Å². The Morgan fingerprint density at radius 1 is 0.756 bits per heavy atom. The second-order valence-corrected chi connectivity index (χ2v) is 9.54. The van der Waals surface area contributed by atoms with Gasteiger partial charge in [0.05, 0.1) is 0 Å². The van der Waals surface area contributed by atoms with Crippen molar-refractivity contribution in [2.24, 2.45) is 15.2 Å². The van der Waals surface area contributed by atoms with Gasteiger partial charge >= 0.3 is 0 Å². The Balaban J connectivity index is -0.0000000876. The normalized spacial score (nSPS) is 8.29. The number of nitrogens with zero attached hydrogens (tertiary/aromatic N) is 7.